The molecule has 0 bridgehead atoms. The Labute approximate surface area is 56.3 Å². The van der Waals surface area contributed by atoms with E-state index in [2.05, 4.69) is 4.74 Å². The molecule has 0 fully saturated rings. The molecule has 2 radical (unpaired) electrons. The van der Waals surface area contributed by atoms with Gasteiger partial charge in [0.25, 0.3) is 0 Å². The van der Waals surface area contributed by atoms with Crippen LogP contribution in [0, 0.1) is 0 Å². The van der Waals surface area contributed by atoms with Gasteiger partial charge < -0.3 is 0 Å². The van der Waals surface area contributed by atoms with E-state index in [-0.39, 0.29) is 9.90 Å². The third-order valence-corrected chi connectivity index (χ3v) is 1.35. The fourth-order valence-corrected chi connectivity index (χ4v) is 0.574. The maximum atomic E-state index is 10.3. The second-order valence-electron chi connectivity index (χ2n) is 1.31. The van der Waals surface area contributed by atoms with Gasteiger partial charge in [-0.25, -0.2) is 0 Å². The molecule has 0 aliphatic carbocycles. The predicted octanol–water partition coefficient (Wildman–Crippen LogP) is -0.131. The van der Waals surface area contributed by atoms with E-state index in [1.165, 1.54) is 7.11 Å². The molecule has 0 spiro atoms. The molecule has 0 saturated heterocycles. The van der Waals surface area contributed by atoms with Crippen LogP contribution in [0.4, 0.5) is 0 Å². The van der Waals surface area contributed by atoms with Crippen molar-refractivity contribution in [2.45, 2.75) is 10.9 Å². The van der Waals surface area contributed by atoms with Gasteiger partial charge in [-0.05, 0) is 0 Å². The summed E-state index contributed by atoms with van der Waals surface area (Å²) in [4.78, 5) is 10.3. The molecule has 0 heterocycles. The summed E-state index contributed by atoms with van der Waals surface area (Å²) in [6.45, 7) is 1.86. The van der Waals surface area contributed by atoms with Gasteiger partial charge in [-0.1, -0.05) is 0 Å². The Morgan fingerprint density at radius 1 is 1.86 bits per heavy atom. The minimum atomic E-state index is -0.0950. The van der Waals surface area contributed by atoms with Gasteiger partial charge in [-0.15, -0.1) is 0 Å². The number of methoxy groups -OCH3 is 1. The van der Waals surface area contributed by atoms with Crippen molar-refractivity contribution >= 4 is 28.5 Å². The van der Waals surface area contributed by atoms with Crippen LogP contribution >= 0.6 is 0 Å². The van der Waals surface area contributed by atoms with Crippen LogP contribution in [0.25, 0.3) is 0 Å². The van der Waals surface area contributed by atoms with Gasteiger partial charge in [0.15, 0.2) is 0 Å². The second kappa shape index (κ2) is 3.29. The molecule has 40 valence electrons. The molecule has 0 rings (SSSR count). The monoisotopic (exact) mass is 208 g/mol. The van der Waals surface area contributed by atoms with Crippen LogP contribution < -0.4 is 0 Å². The molecule has 0 aromatic carbocycles. The van der Waals surface area contributed by atoms with E-state index in [0.717, 1.165) is 22.5 Å². The van der Waals surface area contributed by atoms with E-state index in [0.29, 0.717) is 0 Å². The Morgan fingerprint density at radius 2 is 2.29 bits per heavy atom. The van der Waals surface area contributed by atoms with Crippen molar-refractivity contribution in [1.29, 1.82) is 0 Å². The molecule has 0 aliphatic heterocycles. The molecule has 0 amide bonds. The van der Waals surface area contributed by atoms with Gasteiger partial charge in [-0.2, -0.15) is 0 Å². The van der Waals surface area contributed by atoms with Crippen LogP contribution in [0.1, 0.15) is 6.92 Å². The van der Waals surface area contributed by atoms with Crippen LogP contribution in [0.2, 0.25) is 3.93 Å². The number of hydrogen-bond acceptors (Lipinski definition) is 2. The van der Waals surface area contributed by atoms with Crippen molar-refractivity contribution in [1.82, 2.24) is 0 Å². The Balaban J connectivity index is 3.35. The van der Waals surface area contributed by atoms with Crippen LogP contribution in [-0.4, -0.2) is 35.6 Å². The summed E-state index contributed by atoms with van der Waals surface area (Å²) in [5.41, 5.74) is 0. The van der Waals surface area contributed by atoms with Gasteiger partial charge in [0, 0.05) is 0 Å². The first-order valence-electron chi connectivity index (χ1n) is 2.02. The number of esters is 1. The normalized spacial score (nSPS) is 13.0. The van der Waals surface area contributed by atoms with Gasteiger partial charge >= 0.3 is 56.0 Å². The van der Waals surface area contributed by atoms with Crippen molar-refractivity contribution in [2.24, 2.45) is 0 Å². The van der Waals surface area contributed by atoms with Crippen molar-refractivity contribution in [3.8, 4) is 0 Å². The number of carbonyl (C=O) groups excluding carboxylic acids is 1. The molecular weight excluding hydrogens is 199 g/mol. The topological polar surface area (TPSA) is 26.3 Å². The molecule has 7 heavy (non-hydrogen) atoms. The first-order valence-corrected chi connectivity index (χ1v) is 3.92. The van der Waals surface area contributed by atoms with E-state index >= 15 is 0 Å². The van der Waals surface area contributed by atoms with E-state index in [1.807, 2.05) is 6.92 Å². The molecule has 0 aromatic heterocycles. The van der Waals surface area contributed by atoms with Gasteiger partial charge in [0.2, 0.25) is 0 Å². The van der Waals surface area contributed by atoms with Crippen LogP contribution in [0.15, 0.2) is 0 Å². The maximum absolute atomic E-state index is 10.3. The van der Waals surface area contributed by atoms with E-state index in [1.54, 1.807) is 0 Å². The molecule has 1 atom stereocenters. The zero-order valence-electron chi connectivity index (χ0n) is 4.47. The average molecular weight is 207 g/mol. The first kappa shape index (κ1) is 7.27. The van der Waals surface area contributed by atoms with Crippen molar-refractivity contribution in [3.05, 3.63) is 0 Å². The predicted molar refractivity (Wildman–Crippen MR) is 28.6 cm³/mol. The van der Waals surface area contributed by atoms with Gasteiger partial charge in [0.1, 0.15) is 0 Å². The number of carbonyl (C=O) groups is 1. The van der Waals surface area contributed by atoms with E-state index in [9.17, 15) is 4.79 Å². The number of rotatable bonds is 1. The third-order valence-electron chi connectivity index (χ3n) is 0.573. The third kappa shape index (κ3) is 2.91. The number of ether oxygens (including phenoxy) is 1. The van der Waals surface area contributed by atoms with Gasteiger partial charge in [0.05, 0.1) is 0 Å². The summed E-state index contributed by atoms with van der Waals surface area (Å²) in [7, 11) is 1.41. The summed E-state index contributed by atoms with van der Waals surface area (Å²) in [6, 6.07) is 0. The molecule has 0 N–H and O–H groups in total. The fourth-order valence-electron chi connectivity index (χ4n) is 0.186. The SMILES string of the molecule is COC(=O)[CH](C)[SnH]. The molecular formula is C4H8O2Sn. The Kier molecular flexibility index (Phi) is 3.42. The van der Waals surface area contributed by atoms with Crippen molar-refractivity contribution in [2.75, 3.05) is 7.11 Å². The van der Waals surface area contributed by atoms with E-state index in [4.69, 9.17) is 0 Å². The average Bonchev–Trinajstić information content (AvgIpc) is 1.65. The second-order valence-corrected chi connectivity index (χ2v) is 4.17. The van der Waals surface area contributed by atoms with Crippen molar-refractivity contribution < 1.29 is 9.53 Å². The standard InChI is InChI=1S/C4H7O2.Sn.H/c1-3-4(5)6-2;;/h3H,1-2H3;;. The summed E-state index contributed by atoms with van der Waals surface area (Å²) >= 11 is 0.946. The molecule has 0 saturated carbocycles. The zero-order chi connectivity index (χ0) is 5.86. The van der Waals surface area contributed by atoms with Gasteiger partial charge in [-0.3, -0.25) is 0 Å². The Bertz CT molecular complexity index is 70.1. The molecule has 0 aromatic rings. The first-order chi connectivity index (χ1) is 3.18. The zero-order valence-corrected chi connectivity index (χ0v) is 7.77. The fraction of sp³-hybridized carbons (Fsp3) is 0.750. The summed E-state index contributed by atoms with van der Waals surface area (Å²) in [5.74, 6) is -0.0950. The molecule has 2 nitrogen and oxygen atoms in total. The molecule has 1 unspecified atom stereocenters. The quantitative estimate of drug-likeness (QED) is 0.442. The summed E-state index contributed by atoms with van der Waals surface area (Å²) in [5, 5.41) is 0. The van der Waals surface area contributed by atoms with Crippen LogP contribution in [-0.2, 0) is 9.53 Å². The van der Waals surface area contributed by atoms with E-state index < -0.39 is 0 Å². The number of hydrogen-bond donors (Lipinski definition) is 0. The van der Waals surface area contributed by atoms with Crippen LogP contribution in [0.3, 0.4) is 0 Å². The molecule has 0 aliphatic rings. The summed E-state index contributed by atoms with van der Waals surface area (Å²) in [6.07, 6.45) is 0. The summed E-state index contributed by atoms with van der Waals surface area (Å²) < 4.78 is 4.54. The Morgan fingerprint density at radius 3 is 2.29 bits per heavy atom. The minimum absolute atomic E-state index is 0.0950. The Hall–Kier alpha value is 0.269. The van der Waals surface area contributed by atoms with Crippen molar-refractivity contribution in [3.63, 3.8) is 0 Å². The van der Waals surface area contributed by atoms with Crippen LogP contribution in [0.5, 0.6) is 0 Å². The molecule has 3 heteroatoms.